The molecule has 2 rings (SSSR count). The van der Waals surface area contributed by atoms with Gasteiger partial charge in [-0.15, -0.1) is 0 Å². The second kappa shape index (κ2) is 5.32. The first-order valence-electron chi connectivity index (χ1n) is 5.80. The molecule has 3 nitrogen and oxygen atoms in total. The van der Waals surface area contributed by atoms with E-state index in [9.17, 15) is 0 Å². The van der Waals surface area contributed by atoms with Gasteiger partial charge in [0.2, 0.25) is 0 Å². The van der Waals surface area contributed by atoms with Crippen LogP contribution in [0.5, 0.6) is 0 Å². The highest BCUT2D eigenvalue weighted by Gasteiger charge is 2.06. The molecule has 0 N–H and O–H groups in total. The number of aryl methyl sites for hydroxylation is 1. The lowest BCUT2D eigenvalue weighted by Gasteiger charge is -2.04. The number of pyridine rings is 1. The molecule has 4 heteroatoms. The first-order chi connectivity index (χ1) is 8.16. The Morgan fingerprint density at radius 1 is 1.41 bits per heavy atom. The van der Waals surface area contributed by atoms with Crippen molar-refractivity contribution in [1.29, 1.82) is 0 Å². The van der Waals surface area contributed by atoms with E-state index in [1.54, 1.807) is 6.20 Å². The summed E-state index contributed by atoms with van der Waals surface area (Å²) in [5, 5.41) is 4.86. The van der Waals surface area contributed by atoms with Crippen LogP contribution in [0.2, 0.25) is 5.15 Å². The van der Waals surface area contributed by atoms with E-state index in [2.05, 4.69) is 23.9 Å². The third-order valence-electron chi connectivity index (χ3n) is 2.64. The normalized spacial score (nSPS) is 11.1. The molecule has 2 aromatic heterocycles. The molecular formula is C13H16ClN3. The quantitative estimate of drug-likeness (QED) is 0.775. The minimum absolute atomic E-state index is 0.524. The van der Waals surface area contributed by atoms with Gasteiger partial charge in [-0.25, -0.2) is 4.98 Å². The lowest BCUT2D eigenvalue weighted by molar-refractivity contribution is 0.487. The average Bonchev–Trinajstić information content (AvgIpc) is 2.75. The molecule has 0 atom stereocenters. The Kier molecular flexibility index (Phi) is 3.79. The molecule has 0 aliphatic rings. The number of aromatic nitrogens is 3. The lowest BCUT2D eigenvalue weighted by Crippen LogP contribution is -2.01. The van der Waals surface area contributed by atoms with Gasteiger partial charge in [0.25, 0.3) is 0 Å². The van der Waals surface area contributed by atoms with Gasteiger partial charge in [0.1, 0.15) is 5.15 Å². The monoisotopic (exact) mass is 249 g/mol. The third kappa shape index (κ3) is 3.07. The van der Waals surface area contributed by atoms with Crippen LogP contribution in [0.1, 0.15) is 20.3 Å². The fourth-order valence-electron chi connectivity index (χ4n) is 1.62. The Labute approximate surface area is 106 Å². The van der Waals surface area contributed by atoms with E-state index < -0.39 is 0 Å². The van der Waals surface area contributed by atoms with Crippen molar-refractivity contribution in [2.75, 3.05) is 0 Å². The molecule has 0 unspecified atom stereocenters. The molecule has 2 heterocycles. The van der Waals surface area contributed by atoms with Crippen LogP contribution in [-0.2, 0) is 6.54 Å². The molecule has 0 radical (unpaired) electrons. The summed E-state index contributed by atoms with van der Waals surface area (Å²) in [5.41, 5.74) is 1.96. The summed E-state index contributed by atoms with van der Waals surface area (Å²) in [6, 6.07) is 3.84. The van der Waals surface area contributed by atoms with E-state index in [1.165, 1.54) is 0 Å². The van der Waals surface area contributed by atoms with Crippen LogP contribution >= 0.6 is 11.6 Å². The van der Waals surface area contributed by atoms with E-state index in [4.69, 9.17) is 11.6 Å². The number of rotatable bonds is 4. The van der Waals surface area contributed by atoms with Crippen molar-refractivity contribution in [3.8, 4) is 11.1 Å². The topological polar surface area (TPSA) is 30.7 Å². The van der Waals surface area contributed by atoms with Gasteiger partial charge >= 0.3 is 0 Å². The van der Waals surface area contributed by atoms with Crippen molar-refractivity contribution in [3.05, 3.63) is 35.9 Å². The molecule has 0 amide bonds. The number of hydrogen-bond acceptors (Lipinski definition) is 2. The second-order valence-corrected chi connectivity index (χ2v) is 4.87. The predicted molar refractivity (Wildman–Crippen MR) is 69.9 cm³/mol. The van der Waals surface area contributed by atoms with Crippen LogP contribution in [-0.4, -0.2) is 14.8 Å². The summed E-state index contributed by atoms with van der Waals surface area (Å²) >= 11 is 6.05. The van der Waals surface area contributed by atoms with Crippen molar-refractivity contribution in [3.63, 3.8) is 0 Å². The first-order valence-corrected chi connectivity index (χ1v) is 6.18. The largest absolute Gasteiger partial charge is 0.272 e. The van der Waals surface area contributed by atoms with Gasteiger partial charge < -0.3 is 0 Å². The van der Waals surface area contributed by atoms with Gasteiger partial charge in [0.05, 0.1) is 6.20 Å². The molecule has 90 valence electrons. The highest BCUT2D eigenvalue weighted by molar-refractivity contribution is 6.32. The van der Waals surface area contributed by atoms with Crippen LogP contribution in [0.4, 0.5) is 0 Å². The van der Waals surface area contributed by atoms with Crippen LogP contribution in [0, 0.1) is 5.92 Å². The number of halogens is 1. The van der Waals surface area contributed by atoms with Crippen molar-refractivity contribution in [2.45, 2.75) is 26.8 Å². The Morgan fingerprint density at radius 3 is 2.94 bits per heavy atom. The van der Waals surface area contributed by atoms with Crippen LogP contribution < -0.4 is 0 Å². The van der Waals surface area contributed by atoms with Gasteiger partial charge in [0, 0.05) is 30.1 Å². The molecule has 17 heavy (non-hydrogen) atoms. The number of nitrogens with zero attached hydrogens (tertiary/aromatic N) is 3. The summed E-state index contributed by atoms with van der Waals surface area (Å²) in [6.45, 7) is 5.36. The maximum Gasteiger partial charge on any atom is 0.136 e. The SMILES string of the molecule is CC(C)CCn1cc(-c2cccnc2Cl)cn1. The van der Waals surface area contributed by atoms with Gasteiger partial charge in [-0.05, 0) is 24.5 Å². The molecule has 0 saturated carbocycles. The fraction of sp³-hybridized carbons (Fsp3) is 0.385. The molecule has 0 aromatic carbocycles. The number of hydrogen-bond donors (Lipinski definition) is 0. The minimum Gasteiger partial charge on any atom is -0.272 e. The Balaban J connectivity index is 2.16. The summed E-state index contributed by atoms with van der Waals surface area (Å²) in [5.74, 6) is 0.685. The maximum atomic E-state index is 6.05. The van der Waals surface area contributed by atoms with Crippen molar-refractivity contribution < 1.29 is 0 Å². The van der Waals surface area contributed by atoms with Crippen LogP contribution in [0.15, 0.2) is 30.7 Å². The maximum absolute atomic E-state index is 6.05. The Bertz CT molecular complexity index is 491. The highest BCUT2D eigenvalue weighted by Crippen LogP contribution is 2.24. The molecule has 0 bridgehead atoms. The van der Waals surface area contributed by atoms with E-state index in [-0.39, 0.29) is 0 Å². The Morgan fingerprint density at radius 2 is 2.24 bits per heavy atom. The van der Waals surface area contributed by atoms with Crippen molar-refractivity contribution in [1.82, 2.24) is 14.8 Å². The van der Waals surface area contributed by atoms with Gasteiger partial charge in [0.15, 0.2) is 0 Å². The minimum atomic E-state index is 0.524. The molecule has 0 spiro atoms. The summed E-state index contributed by atoms with van der Waals surface area (Å²) in [4.78, 5) is 4.07. The molecular weight excluding hydrogens is 234 g/mol. The van der Waals surface area contributed by atoms with Gasteiger partial charge in [-0.1, -0.05) is 25.4 Å². The summed E-state index contributed by atoms with van der Waals surface area (Å²) in [7, 11) is 0. The molecule has 0 aliphatic carbocycles. The molecule has 0 fully saturated rings. The first kappa shape index (κ1) is 12.1. The van der Waals surface area contributed by atoms with Crippen molar-refractivity contribution >= 4 is 11.6 Å². The fourth-order valence-corrected chi connectivity index (χ4v) is 1.85. The van der Waals surface area contributed by atoms with Crippen molar-refractivity contribution in [2.24, 2.45) is 5.92 Å². The smallest absolute Gasteiger partial charge is 0.136 e. The standard InChI is InChI=1S/C13H16ClN3/c1-10(2)5-7-17-9-11(8-16-17)12-4-3-6-15-13(12)14/h3-4,6,8-10H,5,7H2,1-2H3. The van der Waals surface area contributed by atoms with E-state index >= 15 is 0 Å². The molecule has 2 aromatic rings. The molecule has 0 aliphatic heterocycles. The lowest BCUT2D eigenvalue weighted by atomic mass is 10.1. The molecule has 0 saturated heterocycles. The second-order valence-electron chi connectivity index (χ2n) is 4.52. The zero-order valence-electron chi connectivity index (χ0n) is 10.1. The third-order valence-corrected chi connectivity index (χ3v) is 2.94. The van der Waals surface area contributed by atoms with Gasteiger partial charge in [-0.3, -0.25) is 4.68 Å². The summed E-state index contributed by atoms with van der Waals surface area (Å²) in [6.07, 6.45) is 6.67. The van der Waals surface area contributed by atoms with E-state index in [0.29, 0.717) is 11.1 Å². The van der Waals surface area contributed by atoms with E-state index in [1.807, 2.05) is 29.2 Å². The van der Waals surface area contributed by atoms with Crippen LogP contribution in [0.25, 0.3) is 11.1 Å². The average molecular weight is 250 g/mol. The zero-order chi connectivity index (χ0) is 12.3. The predicted octanol–water partition coefficient (Wildman–Crippen LogP) is 3.64. The highest BCUT2D eigenvalue weighted by atomic mass is 35.5. The Hall–Kier alpha value is -1.35. The van der Waals surface area contributed by atoms with Gasteiger partial charge in [-0.2, -0.15) is 5.10 Å². The van der Waals surface area contributed by atoms with Crippen LogP contribution in [0.3, 0.4) is 0 Å². The summed E-state index contributed by atoms with van der Waals surface area (Å²) < 4.78 is 1.96. The zero-order valence-corrected chi connectivity index (χ0v) is 10.9. The van der Waals surface area contributed by atoms with E-state index in [0.717, 1.165) is 24.1 Å².